The molecule has 0 aromatic heterocycles. The smallest absolute Gasteiger partial charge is 0.397 e. The summed E-state index contributed by atoms with van der Waals surface area (Å²) >= 11 is 0. The summed E-state index contributed by atoms with van der Waals surface area (Å²) in [6, 6.07) is 0. The Morgan fingerprint density at radius 1 is 0.638 bits per heavy atom. The van der Waals surface area contributed by atoms with E-state index in [4.69, 9.17) is 23.5 Å². The Labute approximate surface area is 353 Å². The minimum atomic E-state index is -5.06. The number of allylic oxidation sites excluding steroid dienone is 2. The van der Waals surface area contributed by atoms with Crippen LogP contribution in [0.5, 0.6) is 0 Å². The molecule has 0 spiro atoms. The molecule has 6 atom stereocenters. The Kier molecular flexibility index (Phi) is 35.6. The molecule has 1 fully saturated rings. The van der Waals surface area contributed by atoms with Crippen molar-refractivity contribution in [3.05, 3.63) is 12.2 Å². The van der Waals surface area contributed by atoms with E-state index in [2.05, 4.69) is 30.2 Å². The van der Waals surface area contributed by atoms with Crippen molar-refractivity contribution < 1.29 is 56.2 Å². The number of hydrogen-bond acceptors (Lipinski definition) is 11. The summed E-state index contributed by atoms with van der Waals surface area (Å²) in [5.41, 5.74) is 0. The Morgan fingerprint density at radius 2 is 1.09 bits per heavy atom. The van der Waals surface area contributed by atoms with Gasteiger partial charge in [-0.05, 0) is 38.5 Å². The molecule has 0 radical (unpaired) electrons. The number of unbranched alkanes of at least 4 members (excludes halogenated alkanes) is 26. The number of rotatable bonds is 41. The van der Waals surface area contributed by atoms with Gasteiger partial charge >= 0.3 is 16.4 Å². The van der Waals surface area contributed by atoms with Crippen molar-refractivity contribution in [3.63, 3.8) is 0 Å². The van der Waals surface area contributed by atoms with Crippen LogP contribution in [0.2, 0.25) is 0 Å². The van der Waals surface area contributed by atoms with Gasteiger partial charge in [0.15, 0.2) is 6.29 Å². The van der Waals surface area contributed by atoms with Crippen molar-refractivity contribution in [1.82, 2.24) is 0 Å². The second-order valence-corrected chi connectivity index (χ2v) is 17.4. The predicted octanol–water partition coefficient (Wildman–Crippen LogP) is 9.86. The Balaban J connectivity index is 2.41. The minimum absolute atomic E-state index is 0.0372. The fourth-order valence-corrected chi connectivity index (χ4v) is 7.82. The number of aliphatic hydroxyl groups is 3. The number of hydrogen-bond donors (Lipinski definition) is 4. The number of carbonyl (C=O) groups is 1. The van der Waals surface area contributed by atoms with E-state index in [1.54, 1.807) is 0 Å². The highest BCUT2D eigenvalue weighted by Gasteiger charge is 2.48. The third-order valence-corrected chi connectivity index (χ3v) is 11.4. The molecule has 12 nitrogen and oxygen atoms in total. The van der Waals surface area contributed by atoms with Gasteiger partial charge in [0.2, 0.25) is 0 Å². The lowest BCUT2D eigenvalue weighted by Gasteiger charge is -2.41. The standard InChI is InChI=1S/C45H86O12S/c1-3-5-7-9-11-13-15-17-19-20-21-23-25-27-29-31-33-35-53-37-39(38-54-45-43(49)44(57-58(50,51)52)42(48)40(36-46)56-45)55-41(47)34-32-30-28-26-24-22-18-16-14-12-10-8-6-4-2/h19-20,39-40,42-46,48-49H,3-18,21-38H2,1-2H3,(H,50,51,52)/b20-19-. The first-order chi connectivity index (χ1) is 28.1. The molecule has 0 amide bonds. The second-order valence-electron chi connectivity index (χ2n) is 16.4. The van der Waals surface area contributed by atoms with Crippen molar-refractivity contribution in [1.29, 1.82) is 0 Å². The molecule has 344 valence electrons. The van der Waals surface area contributed by atoms with Gasteiger partial charge in [-0.3, -0.25) is 9.35 Å². The molecular formula is C45H86O12S. The van der Waals surface area contributed by atoms with Crippen LogP contribution in [0, 0.1) is 0 Å². The summed E-state index contributed by atoms with van der Waals surface area (Å²) in [6.45, 7) is 4.00. The minimum Gasteiger partial charge on any atom is -0.457 e. The van der Waals surface area contributed by atoms with Crippen LogP contribution < -0.4 is 0 Å². The summed E-state index contributed by atoms with van der Waals surface area (Å²) in [7, 11) is -5.06. The molecule has 0 bridgehead atoms. The van der Waals surface area contributed by atoms with E-state index in [1.807, 2.05) is 0 Å². The van der Waals surface area contributed by atoms with Crippen LogP contribution in [0.3, 0.4) is 0 Å². The number of aliphatic hydroxyl groups excluding tert-OH is 3. The lowest BCUT2D eigenvalue weighted by molar-refractivity contribution is -0.301. The molecular weight excluding hydrogens is 765 g/mol. The van der Waals surface area contributed by atoms with Crippen molar-refractivity contribution in [2.75, 3.05) is 26.4 Å². The van der Waals surface area contributed by atoms with E-state index in [0.29, 0.717) is 13.0 Å². The maximum Gasteiger partial charge on any atom is 0.397 e. The van der Waals surface area contributed by atoms with E-state index >= 15 is 0 Å². The Morgan fingerprint density at radius 3 is 1.55 bits per heavy atom. The van der Waals surface area contributed by atoms with Crippen molar-refractivity contribution in [3.8, 4) is 0 Å². The summed E-state index contributed by atoms with van der Waals surface area (Å²) < 4.78 is 59.1. The Bertz CT molecular complexity index is 1070. The average Bonchev–Trinajstić information content (AvgIpc) is 3.19. The molecule has 0 aromatic carbocycles. The van der Waals surface area contributed by atoms with Gasteiger partial charge in [-0.15, -0.1) is 0 Å². The first-order valence-electron chi connectivity index (χ1n) is 23.4. The molecule has 1 aliphatic heterocycles. The van der Waals surface area contributed by atoms with Crippen LogP contribution >= 0.6 is 0 Å². The maximum atomic E-state index is 12.8. The highest BCUT2D eigenvalue weighted by atomic mass is 32.3. The molecule has 0 aliphatic carbocycles. The molecule has 58 heavy (non-hydrogen) atoms. The van der Waals surface area contributed by atoms with E-state index in [0.717, 1.165) is 44.9 Å². The highest BCUT2D eigenvalue weighted by molar-refractivity contribution is 7.80. The van der Waals surface area contributed by atoms with Crippen LogP contribution in [0.15, 0.2) is 12.2 Å². The summed E-state index contributed by atoms with van der Waals surface area (Å²) in [6.07, 6.45) is 31.0. The number of carbonyl (C=O) groups excluding carboxylic acids is 1. The largest absolute Gasteiger partial charge is 0.457 e. The van der Waals surface area contributed by atoms with Gasteiger partial charge in [0, 0.05) is 13.0 Å². The van der Waals surface area contributed by atoms with Gasteiger partial charge in [0.1, 0.15) is 30.5 Å². The van der Waals surface area contributed by atoms with Gasteiger partial charge in [-0.1, -0.05) is 174 Å². The maximum absolute atomic E-state index is 12.8. The molecule has 4 N–H and O–H groups in total. The fraction of sp³-hybridized carbons (Fsp3) is 0.933. The Hall–Kier alpha value is -1.16. The summed E-state index contributed by atoms with van der Waals surface area (Å²) in [4.78, 5) is 12.8. The lowest BCUT2D eigenvalue weighted by Crippen LogP contribution is -2.60. The normalized spacial score (nSPS) is 20.6. The van der Waals surface area contributed by atoms with Crippen LogP contribution in [0.4, 0.5) is 0 Å². The molecule has 0 saturated carbocycles. The number of ether oxygens (including phenoxy) is 4. The lowest BCUT2D eigenvalue weighted by atomic mass is 9.99. The van der Waals surface area contributed by atoms with E-state index in [9.17, 15) is 28.5 Å². The highest BCUT2D eigenvalue weighted by Crippen LogP contribution is 2.26. The second kappa shape index (κ2) is 37.6. The zero-order valence-corrected chi connectivity index (χ0v) is 37.4. The van der Waals surface area contributed by atoms with Crippen molar-refractivity contribution in [2.24, 2.45) is 0 Å². The molecule has 1 rings (SSSR count). The zero-order chi connectivity index (χ0) is 42.5. The van der Waals surface area contributed by atoms with Crippen LogP contribution in [-0.2, 0) is 38.3 Å². The first-order valence-corrected chi connectivity index (χ1v) is 24.8. The van der Waals surface area contributed by atoms with Crippen LogP contribution in [0.25, 0.3) is 0 Å². The fourth-order valence-electron chi connectivity index (χ4n) is 7.32. The van der Waals surface area contributed by atoms with Gasteiger partial charge in [-0.2, -0.15) is 8.42 Å². The third-order valence-electron chi connectivity index (χ3n) is 10.9. The summed E-state index contributed by atoms with van der Waals surface area (Å²) in [5.74, 6) is -0.398. The van der Waals surface area contributed by atoms with Crippen molar-refractivity contribution in [2.45, 2.75) is 243 Å². The zero-order valence-electron chi connectivity index (χ0n) is 36.6. The molecule has 0 aromatic rings. The topological polar surface area (TPSA) is 178 Å². The SMILES string of the molecule is CCCCCCCCC/C=C\CCCCCCCCOCC(COC1OC(CO)C(O)C(OS(=O)(=O)O)C1O)OC(=O)CCCCCCCCCCCCCCCC. The van der Waals surface area contributed by atoms with Gasteiger partial charge in [0.05, 0.1) is 19.8 Å². The predicted molar refractivity (Wildman–Crippen MR) is 230 cm³/mol. The van der Waals surface area contributed by atoms with Crippen LogP contribution in [0.1, 0.15) is 206 Å². The van der Waals surface area contributed by atoms with E-state index in [1.165, 1.54) is 135 Å². The van der Waals surface area contributed by atoms with E-state index in [-0.39, 0.29) is 19.6 Å². The first kappa shape index (κ1) is 54.9. The molecule has 6 unspecified atom stereocenters. The van der Waals surface area contributed by atoms with Crippen molar-refractivity contribution >= 4 is 16.4 Å². The molecule has 1 aliphatic rings. The van der Waals surface area contributed by atoms with Gasteiger partial charge in [0.25, 0.3) is 0 Å². The average molecular weight is 851 g/mol. The van der Waals surface area contributed by atoms with Crippen LogP contribution in [-0.4, -0.2) is 97.5 Å². The number of esters is 1. The quantitative estimate of drug-likeness (QED) is 0.0198. The monoisotopic (exact) mass is 851 g/mol. The molecule has 1 saturated heterocycles. The van der Waals surface area contributed by atoms with Gasteiger partial charge < -0.3 is 34.3 Å². The summed E-state index contributed by atoms with van der Waals surface area (Å²) in [5, 5.41) is 30.7. The third kappa shape index (κ3) is 30.8. The van der Waals surface area contributed by atoms with E-state index < -0.39 is 59.8 Å². The molecule has 13 heteroatoms. The molecule has 1 heterocycles. The van der Waals surface area contributed by atoms with Gasteiger partial charge in [-0.25, -0.2) is 4.18 Å².